The first kappa shape index (κ1) is 38.6. The number of hydrogen-bond acceptors (Lipinski definition) is 8. The van der Waals surface area contributed by atoms with Gasteiger partial charge >= 0.3 is 12.1 Å². The van der Waals surface area contributed by atoms with Gasteiger partial charge in [0.15, 0.2) is 0 Å². The van der Waals surface area contributed by atoms with E-state index in [1.807, 2.05) is 27.1 Å². The third kappa shape index (κ3) is 12.3. The molecule has 16 heteroatoms. The van der Waals surface area contributed by atoms with E-state index in [1.165, 1.54) is 6.07 Å². The average Bonchev–Trinajstić information content (AvgIpc) is 3.39. The molecule has 262 valence electrons. The van der Waals surface area contributed by atoms with E-state index in [9.17, 15) is 18.0 Å². The molecule has 1 aliphatic rings. The van der Waals surface area contributed by atoms with Gasteiger partial charge < -0.3 is 40.4 Å². The minimum Gasteiger partial charge on any atom is -0.484 e. The van der Waals surface area contributed by atoms with Crippen LogP contribution in [0.5, 0.6) is 5.75 Å². The summed E-state index contributed by atoms with van der Waals surface area (Å²) >= 11 is 12.8. The number of urea groups is 2. The summed E-state index contributed by atoms with van der Waals surface area (Å²) in [6, 6.07) is 7.90. The van der Waals surface area contributed by atoms with Crippen molar-refractivity contribution in [2.45, 2.75) is 43.2 Å². The second-order valence-electron chi connectivity index (χ2n) is 11.2. The molecule has 0 aliphatic heterocycles. The number of unbranched alkanes of at least 4 members (excludes halogenated alkanes) is 1. The largest absolute Gasteiger partial charge is 0.484 e. The van der Waals surface area contributed by atoms with Crippen molar-refractivity contribution in [2.24, 2.45) is 0 Å². The number of rotatable bonds is 19. The van der Waals surface area contributed by atoms with Crippen molar-refractivity contribution in [3.05, 3.63) is 57.1 Å². The SMILES string of the molecule is CNC(=O)NCCCCNC(=O)NCCOCCOCCNS(=O)(=O)c1ccc(O[C@H]2c3cc(Cl)cc(Cl)c3C[C@@H]2N(C)C)c(C)c1. The summed E-state index contributed by atoms with van der Waals surface area (Å²) in [7, 11) is 1.75. The molecule has 5 N–H and O–H groups in total. The standard InChI is InChI=1S/C31H46Cl2N6O7S/c1-21-17-23(7-8-28(21)46-29-25-18-22(32)19-26(33)24(25)20-27(29)39(3)4)47(42,43)38-12-14-45-16-15-44-13-11-37-31(41)36-10-6-5-9-35-30(40)34-2/h7-8,17-19,27,29,38H,5-6,9-16,20H2,1-4H3,(H2,34,35,40)(H2,36,37,41)/t27-,29-/m0/s1. The van der Waals surface area contributed by atoms with Crippen molar-refractivity contribution in [3.63, 3.8) is 0 Å². The van der Waals surface area contributed by atoms with Gasteiger partial charge in [-0.25, -0.2) is 22.7 Å². The Kier molecular flexibility index (Phi) is 15.8. The molecule has 0 saturated heterocycles. The third-order valence-electron chi connectivity index (χ3n) is 7.48. The maximum atomic E-state index is 12.9. The van der Waals surface area contributed by atoms with Crippen LogP contribution in [0, 0.1) is 6.92 Å². The van der Waals surface area contributed by atoms with Crippen LogP contribution in [0.15, 0.2) is 35.2 Å². The topological polar surface area (TPSA) is 159 Å². The smallest absolute Gasteiger partial charge is 0.314 e. The van der Waals surface area contributed by atoms with E-state index in [4.69, 9.17) is 37.4 Å². The Labute approximate surface area is 287 Å². The van der Waals surface area contributed by atoms with Crippen molar-refractivity contribution in [3.8, 4) is 5.75 Å². The highest BCUT2D eigenvalue weighted by Crippen LogP contribution is 2.42. The van der Waals surface area contributed by atoms with Gasteiger partial charge in [0, 0.05) is 48.8 Å². The van der Waals surface area contributed by atoms with E-state index in [0.29, 0.717) is 60.6 Å². The van der Waals surface area contributed by atoms with Crippen molar-refractivity contribution < 1.29 is 32.2 Å². The Morgan fingerprint density at radius 3 is 2.17 bits per heavy atom. The zero-order chi connectivity index (χ0) is 34.4. The number of fused-ring (bicyclic) bond motifs is 1. The summed E-state index contributed by atoms with van der Waals surface area (Å²) in [6.45, 7) is 4.32. The Morgan fingerprint density at radius 2 is 1.53 bits per heavy atom. The first-order valence-electron chi connectivity index (χ1n) is 15.5. The minimum absolute atomic E-state index is 0.0340. The second kappa shape index (κ2) is 19.2. The van der Waals surface area contributed by atoms with Crippen LogP contribution in [-0.4, -0.2) is 105 Å². The number of nitrogens with zero attached hydrogens (tertiary/aromatic N) is 1. The molecular formula is C31H46Cl2N6O7S. The lowest BCUT2D eigenvalue weighted by Gasteiger charge is -2.28. The summed E-state index contributed by atoms with van der Waals surface area (Å²) in [5, 5.41) is 11.7. The fraction of sp³-hybridized carbons (Fsp3) is 0.548. The fourth-order valence-corrected chi connectivity index (χ4v) is 6.65. The van der Waals surface area contributed by atoms with E-state index in [-0.39, 0.29) is 48.9 Å². The highest BCUT2D eigenvalue weighted by atomic mass is 35.5. The summed E-state index contributed by atoms with van der Waals surface area (Å²) in [5.74, 6) is 0.577. The van der Waals surface area contributed by atoms with Crippen LogP contribution in [0.2, 0.25) is 10.0 Å². The van der Waals surface area contributed by atoms with Gasteiger partial charge in [-0.15, -0.1) is 0 Å². The predicted octanol–water partition coefficient (Wildman–Crippen LogP) is 3.23. The molecule has 2 aromatic carbocycles. The van der Waals surface area contributed by atoms with Gasteiger partial charge in [0.25, 0.3) is 0 Å². The summed E-state index contributed by atoms with van der Waals surface area (Å²) < 4.78 is 45.7. The van der Waals surface area contributed by atoms with E-state index in [0.717, 1.165) is 24.0 Å². The van der Waals surface area contributed by atoms with Gasteiger partial charge in [-0.1, -0.05) is 23.2 Å². The number of nitrogens with one attached hydrogen (secondary N) is 5. The van der Waals surface area contributed by atoms with Gasteiger partial charge in [0.1, 0.15) is 11.9 Å². The quantitative estimate of drug-likeness (QED) is 0.139. The lowest BCUT2D eigenvalue weighted by Crippen LogP contribution is -2.38. The Bertz CT molecular complexity index is 1450. The zero-order valence-electron chi connectivity index (χ0n) is 27.3. The summed E-state index contributed by atoms with van der Waals surface area (Å²) in [4.78, 5) is 25.0. The van der Waals surface area contributed by atoms with E-state index < -0.39 is 10.0 Å². The molecule has 0 fully saturated rings. The Balaban J connectivity index is 1.32. The van der Waals surface area contributed by atoms with E-state index in [1.54, 1.807) is 25.2 Å². The summed E-state index contributed by atoms with van der Waals surface area (Å²) in [6.07, 6.45) is 1.89. The maximum Gasteiger partial charge on any atom is 0.314 e. The molecule has 0 radical (unpaired) electrons. The second-order valence-corrected chi connectivity index (χ2v) is 13.8. The Morgan fingerprint density at radius 1 is 0.894 bits per heavy atom. The van der Waals surface area contributed by atoms with Crippen LogP contribution >= 0.6 is 23.2 Å². The Hall–Kier alpha value is -2.85. The number of carbonyl (C=O) groups excluding carboxylic acids is 2. The van der Waals surface area contributed by atoms with Gasteiger partial charge in [-0.3, -0.25) is 0 Å². The lowest BCUT2D eigenvalue weighted by atomic mass is 10.1. The molecule has 0 aromatic heterocycles. The van der Waals surface area contributed by atoms with Crippen LogP contribution < -0.4 is 30.7 Å². The number of hydrogen-bond donors (Lipinski definition) is 5. The van der Waals surface area contributed by atoms with Gasteiger partial charge in [0.05, 0.1) is 37.4 Å². The molecule has 47 heavy (non-hydrogen) atoms. The van der Waals surface area contributed by atoms with Gasteiger partial charge in [0.2, 0.25) is 10.0 Å². The molecule has 4 amide bonds. The van der Waals surface area contributed by atoms with E-state index >= 15 is 0 Å². The van der Waals surface area contributed by atoms with Crippen molar-refractivity contribution in [1.29, 1.82) is 0 Å². The minimum atomic E-state index is -3.77. The van der Waals surface area contributed by atoms with Crippen LogP contribution in [-0.2, 0) is 25.9 Å². The van der Waals surface area contributed by atoms with Gasteiger partial charge in [-0.05, 0) is 81.7 Å². The number of halogens is 2. The molecule has 2 atom stereocenters. The predicted molar refractivity (Wildman–Crippen MR) is 182 cm³/mol. The molecule has 0 spiro atoms. The third-order valence-corrected chi connectivity index (χ3v) is 9.50. The highest BCUT2D eigenvalue weighted by Gasteiger charge is 2.37. The normalized spacial score (nSPS) is 15.7. The number of sulfonamides is 1. The molecule has 2 aromatic rings. The van der Waals surface area contributed by atoms with E-state index in [2.05, 4.69) is 30.9 Å². The zero-order valence-corrected chi connectivity index (χ0v) is 29.6. The molecule has 1 aliphatic carbocycles. The molecule has 0 heterocycles. The summed E-state index contributed by atoms with van der Waals surface area (Å²) in [5.41, 5.74) is 2.62. The van der Waals surface area contributed by atoms with Crippen LogP contribution in [0.1, 0.15) is 35.6 Å². The van der Waals surface area contributed by atoms with Gasteiger partial charge in [-0.2, -0.15) is 0 Å². The van der Waals surface area contributed by atoms with Crippen LogP contribution in [0.4, 0.5) is 9.59 Å². The van der Waals surface area contributed by atoms with Crippen molar-refractivity contribution >= 4 is 45.3 Å². The van der Waals surface area contributed by atoms with Crippen LogP contribution in [0.3, 0.4) is 0 Å². The monoisotopic (exact) mass is 716 g/mol. The number of likely N-dealkylation sites (N-methyl/N-ethyl adjacent to an activating group) is 1. The number of amides is 4. The molecule has 3 rings (SSSR count). The fourth-order valence-electron chi connectivity index (χ4n) is 4.96. The van der Waals surface area contributed by atoms with Crippen LogP contribution in [0.25, 0.3) is 0 Å². The first-order valence-corrected chi connectivity index (χ1v) is 17.7. The van der Waals surface area contributed by atoms with Crippen molar-refractivity contribution in [2.75, 3.05) is 73.7 Å². The molecule has 13 nitrogen and oxygen atoms in total. The average molecular weight is 718 g/mol. The molecule has 0 unspecified atom stereocenters. The number of aryl methyl sites for hydroxylation is 1. The maximum absolute atomic E-state index is 12.9. The van der Waals surface area contributed by atoms with Crippen molar-refractivity contribution in [1.82, 2.24) is 30.9 Å². The number of benzene rings is 2. The first-order chi connectivity index (χ1) is 22.4. The molecule has 0 saturated carbocycles. The highest BCUT2D eigenvalue weighted by molar-refractivity contribution is 7.89. The molecule has 0 bridgehead atoms. The lowest BCUT2D eigenvalue weighted by molar-refractivity contribution is 0.0516. The number of carbonyl (C=O) groups is 2. The number of ether oxygens (including phenoxy) is 3. The molecular weight excluding hydrogens is 671 g/mol.